The molecule has 0 aromatic heterocycles. The van der Waals surface area contributed by atoms with Gasteiger partial charge in [0.2, 0.25) is 5.91 Å². The van der Waals surface area contributed by atoms with E-state index < -0.39 is 6.04 Å². The average Bonchev–Trinajstić information content (AvgIpc) is 2.95. The van der Waals surface area contributed by atoms with E-state index in [2.05, 4.69) is 48.3 Å². The molecule has 0 saturated carbocycles. The van der Waals surface area contributed by atoms with Gasteiger partial charge in [0.15, 0.2) is 5.78 Å². The number of benzene rings is 2. The zero-order valence-corrected chi connectivity index (χ0v) is 19.4. The Balaban J connectivity index is 1.90. The maximum absolute atomic E-state index is 13.5. The fourth-order valence-corrected chi connectivity index (χ4v) is 4.92. The molecule has 0 unspecified atom stereocenters. The Morgan fingerprint density at radius 3 is 2.44 bits per heavy atom. The van der Waals surface area contributed by atoms with Gasteiger partial charge in [-0.05, 0) is 62.9 Å². The van der Waals surface area contributed by atoms with E-state index in [0.717, 1.165) is 66.2 Å². The van der Waals surface area contributed by atoms with Gasteiger partial charge in [-0.2, -0.15) is 0 Å². The Bertz CT molecular complexity index is 1020. The highest BCUT2D eigenvalue weighted by molar-refractivity contribution is 6.06. The molecule has 2 aromatic carbocycles. The van der Waals surface area contributed by atoms with Crippen LogP contribution in [-0.2, 0) is 9.59 Å². The first kappa shape index (κ1) is 22.1. The van der Waals surface area contributed by atoms with Crippen molar-refractivity contribution in [3.63, 3.8) is 0 Å². The van der Waals surface area contributed by atoms with Crippen LogP contribution in [0.1, 0.15) is 64.5 Å². The number of carbonyl (C=O) groups is 2. The lowest BCUT2D eigenvalue weighted by molar-refractivity contribution is -0.119. The van der Waals surface area contributed by atoms with E-state index in [1.54, 1.807) is 0 Å². The van der Waals surface area contributed by atoms with E-state index in [1.165, 1.54) is 0 Å². The highest BCUT2D eigenvalue weighted by Gasteiger charge is 2.39. The Kier molecular flexibility index (Phi) is 6.63. The monoisotopic (exact) mass is 431 g/mol. The van der Waals surface area contributed by atoms with E-state index in [0.29, 0.717) is 12.8 Å². The third-order valence-electron chi connectivity index (χ3n) is 6.51. The molecule has 1 amide bonds. The van der Waals surface area contributed by atoms with Crippen LogP contribution in [0.25, 0.3) is 0 Å². The van der Waals surface area contributed by atoms with Gasteiger partial charge in [0, 0.05) is 42.9 Å². The first-order chi connectivity index (χ1) is 15.6. The van der Waals surface area contributed by atoms with Crippen LogP contribution in [0.2, 0.25) is 0 Å². The molecule has 1 N–H and O–H groups in total. The van der Waals surface area contributed by atoms with Crippen LogP contribution in [-0.4, -0.2) is 24.8 Å². The minimum absolute atomic E-state index is 0.0479. The molecule has 0 fully saturated rings. The number of rotatable bonds is 6. The predicted molar refractivity (Wildman–Crippen MR) is 131 cm³/mol. The third-order valence-corrected chi connectivity index (χ3v) is 6.51. The molecule has 32 heavy (non-hydrogen) atoms. The lowest BCUT2D eigenvalue weighted by Crippen LogP contribution is -2.37. The molecule has 5 nitrogen and oxygen atoms in total. The van der Waals surface area contributed by atoms with Crippen molar-refractivity contribution in [2.75, 3.05) is 28.2 Å². The van der Waals surface area contributed by atoms with Gasteiger partial charge in [-0.3, -0.25) is 14.5 Å². The molecule has 168 valence electrons. The number of carbonyl (C=O) groups excluding carboxylic acids is 2. The standard InChI is InChI=1S/C27H33N3O2/c1-4-10-25(32)30-23-13-8-7-11-21(23)28-22-12-9-14-24(31)26(22)27(30)19-15-17-20(18-16-19)29(5-2)6-3/h7-8,11,13,15-18,27-28H,4-6,9-10,12,14H2,1-3H3/t27-/m0/s1. The van der Waals surface area contributed by atoms with Crippen molar-refractivity contribution >= 4 is 28.8 Å². The molecular formula is C27H33N3O2. The van der Waals surface area contributed by atoms with E-state index in [4.69, 9.17) is 0 Å². The van der Waals surface area contributed by atoms with Crippen molar-refractivity contribution in [1.82, 2.24) is 0 Å². The van der Waals surface area contributed by atoms with Crippen LogP contribution in [0.15, 0.2) is 59.8 Å². The molecule has 0 bridgehead atoms. The van der Waals surface area contributed by atoms with Gasteiger partial charge in [-0.25, -0.2) is 0 Å². The molecule has 1 aliphatic heterocycles. The van der Waals surface area contributed by atoms with Crippen LogP contribution >= 0.6 is 0 Å². The summed E-state index contributed by atoms with van der Waals surface area (Å²) in [6.45, 7) is 8.18. The van der Waals surface area contributed by atoms with Gasteiger partial charge in [-0.1, -0.05) is 31.2 Å². The summed E-state index contributed by atoms with van der Waals surface area (Å²) in [7, 11) is 0. The third kappa shape index (κ3) is 4.04. The summed E-state index contributed by atoms with van der Waals surface area (Å²) >= 11 is 0. The number of nitrogens with one attached hydrogen (secondary N) is 1. The number of hydrogen-bond donors (Lipinski definition) is 1. The van der Waals surface area contributed by atoms with E-state index in [9.17, 15) is 9.59 Å². The van der Waals surface area contributed by atoms with Gasteiger partial charge in [0.05, 0.1) is 17.4 Å². The van der Waals surface area contributed by atoms with Crippen molar-refractivity contribution in [2.24, 2.45) is 0 Å². The van der Waals surface area contributed by atoms with Gasteiger partial charge in [-0.15, -0.1) is 0 Å². The maximum Gasteiger partial charge on any atom is 0.227 e. The van der Waals surface area contributed by atoms with Crippen LogP contribution in [0.5, 0.6) is 0 Å². The minimum atomic E-state index is -0.418. The molecule has 1 aliphatic carbocycles. The van der Waals surface area contributed by atoms with Crippen molar-refractivity contribution in [3.8, 4) is 0 Å². The van der Waals surface area contributed by atoms with E-state index in [1.807, 2.05) is 36.1 Å². The summed E-state index contributed by atoms with van der Waals surface area (Å²) in [4.78, 5) is 30.9. The Hall–Kier alpha value is -3.08. The summed E-state index contributed by atoms with van der Waals surface area (Å²) in [5.74, 6) is 0.186. The second-order valence-electron chi connectivity index (χ2n) is 8.49. The lowest BCUT2D eigenvalue weighted by Gasteiger charge is -2.34. The number of ketones is 1. The van der Waals surface area contributed by atoms with Gasteiger partial charge < -0.3 is 10.2 Å². The molecule has 0 saturated heterocycles. The second-order valence-corrected chi connectivity index (χ2v) is 8.49. The molecular weight excluding hydrogens is 398 g/mol. The van der Waals surface area contributed by atoms with Crippen molar-refractivity contribution in [3.05, 3.63) is 65.4 Å². The number of nitrogens with zero attached hydrogens (tertiary/aromatic N) is 2. The van der Waals surface area contributed by atoms with Crippen molar-refractivity contribution in [1.29, 1.82) is 0 Å². The predicted octanol–water partition coefficient (Wildman–Crippen LogP) is 5.84. The summed E-state index contributed by atoms with van der Waals surface area (Å²) < 4.78 is 0. The summed E-state index contributed by atoms with van der Waals surface area (Å²) in [5, 5.41) is 3.52. The normalized spacial score (nSPS) is 17.9. The fourth-order valence-electron chi connectivity index (χ4n) is 4.92. The van der Waals surface area contributed by atoms with Gasteiger partial charge in [0.1, 0.15) is 0 Å². The van der Waals surface area contributed by atoms with Crippen LogP contribution in [0.4, 0.5) is 17.1 Å². The highest BCUT2D eigenvalue weighted by Crippen LogP contribution is 2.45. The number of allylic oxidation sites excluding steroid dienone is 1. The largest absolute Gasteiger partial charge is 0.372 e. The highest BCUT2D eigenvalue weighted by atomic mass is 16.2. The summed E-state index contributed by atoms with van der Waals surface area (Å²) in [6, 6.07) is 15.9. The summed E-state index contributed by atoms with van der Waals surface area (Å²) in [6.07, 6.45) is 3.39. The Morgan fingerprint density at radius 2 is 1.75 bits per heavy atom. The number of anilines is 3. The van der Waals surface area contributed by atoms with Crippen molar-refractivity contribution < 1.29 is 9.59 Å². The average molecular weight is 432 g/mol. The number of amides is 1. The van der Waals surface area contributed by atoms with E-state index in [-0.39, 0.29) is 11.7 Å². The van der Waals surface area contributed by atoms with Gasteiger partial charge in [0.25, 0.3) is 0 Å². The smallest absolute Gasteiger partial charge is 0.227 e. The van der Waals surface area contributed by atoms with Crippen molar-refractivity contribution in [2.45, 2.75) is 58.9 Å². The first-order valence-corrected chi connectivity index (χ1v) is 11.9. The number of fused-ring (bicyclic) bond motifs is 1. The SMILES string of the molecule is CCCC(=O)N1c2ccccc2NC2=C(C(=O)CCC2)[C@@H]1c1ccc(N(CC)CC)cc1. The lowest BCUT2D eigenvalue weighted by atomic mass is 9.85. The zero-order chi connectivity index (χ0) is 22.7. The molecule has 0 spiro atoms. The minimum Gasteiger partial charge on any atom is -0.372 e. The molecule has 0 radical (unpaired) electrons. The molecule has 2 aliphatic rings. The number of Topliss-reactive ketones (excluding diaryl/α,β-unsaturated/α-hetero) is 1. The Morgan fingerprint density at radius 1 is 1.03 bits per heavy atom. The second kappa shape index (κ2) is 9.60. The quantitative estimate of drug-likeness (QED) is 0.624. The summed E-state index contributed by atoms with van der Waals surface area (Å²) in [5.41, 5.74) is 5.56. The topological polar surface area (TPSA) is 52.7 Å². The van der Waals surface area contributed by atoms with Crippen LogP contribution in [0.3, 0.4) is 0 Å². The zero-order valence-electron chi connectivity index (χ0n) is 19.4. The first-order valence-electron chi connectivity index (χ1n) is 11.9. The molecule has 2 aromatic rings. The molecule has 4 rings (SSSR count). The number of hydrogen-bond acceptors (Lipinski definition) is 4. The van der Waals surface area contributed by atoms with Crippen LogP contribution in [0, 0.1) is 0 Å². The van der Waals surface area contributed by atoms with Gasteiger partial charge >= 0.3 is 0 Å². The molecule has 1 heterocycles. The molecule has 1 atom stereocenters. The van der Waals surface area contributed by atoms with Crippen LogP contribution < -0.4 is 15.1 Å². The number of para-hydroxylation sites is 2. The molecule has 5 heteroatoms. The maximum atomic E-state index is 13.5. The fraction of sp³-hybridized carbons (Fsp3) is 0.407. The Labute approximate surface area is 191 Å². The van der Waals surface area contributed by atoms with E-state index >= 15 is 0 Å².